The Labute approximate surface area is 172 Å². The summed E-state index contributed by atoms with van der Waals surface area (Å²) in [6, 6.07) is 0. The van der Waals surface area contributed by atoms with Crippen molar-refractivity contribution in [1.82, 2.24) is 0 Å². The minimum absolute atomic E-state index is 0.0525. The molecule has 6 nitrogen and oxygen atoms in total. The predicted molar refractivity (Wildman–Crippen MR) is 106 cm³/mol. The third kappa shape index (κ3) is 6.78. The lowest BCUT2D eigenvalue weighted by atomic mass is 9.84. The number of halogens is 1. The Balaban J connectivity index is 1.90. The molecule has 0 amide bonds. The lowest BCUT2D eigenvalue weighted by Gasteiger charge is -2.20. The monoisotopic (exact) mass is 414 g/mol. The van der Waals surface area contributed by atoms with Crippen LogP contribution in [0.3, 0.4) is 0 Å². The van der Waals surface area contributed by atoms with Crippen LogP contribution < -0.4 is 0 Å². The highest BCUT2D eigenvalue weighted by molar-refractivity contribution is 5.71. The molecule has 2 aliphatic rings. The van der Waals surface area contributed by atoms with Crippen LogP contribution in [-0.4, -0.2) is 40.7 Å². The van der Waals surface area contributed by atoms with Crippen molar-refractivity contribution in [3.8, 4) is 0 Å². The Kier molecular flexibility index (Phi) is 9.56. The number of rotatable bonds is 12. The fourth-order valence-corrected chi connectivity index (χ4v) is 4.70. The van der Waals surface area contributed by atoms with E-state index in [2.05, 4.69) is 4.89 Å². The van der Waals surface area contributed by atoms with Gasteiger partial charge in [-0.15, -0.1) is 0 Å². The maximum Gasteiger partial charge on any atom is 0.342 e. The number of alkyl halides is 1. The predicted octanol–water partition coefficient (Wildman–Crippen LogP) is 4.78. The molecule has 1 saturated heterocycles. The summed E-state index contributed by atoms with van der Waals surface area (Å²) < 4.78 is 20.4. The van der Waals surface area contributed by atoms with Crippen LogP contribution in [0.5, 0.6) is 0 Å². The van der Waals surface area contributed by atoms with Crippen LogP contribution in [-0.2, 0) is 19.2 Å². The second-order valence-corrected chi connectivity index (χ2v) is 8.57. The third-order valence-electron chi connectivity index (χ3n) is 6.44. The van der Waals surface area contributed by atoms with Crippen molar-refractivity contribution in [2.45, 2.75) is 90.0 Å². The Morgan fingerprint density at radius 2 is 2.03 bits per heavy atom. The number of fused-ring (bicyclic) bond motifs is 1. The standard InChI is InChI=1S/C22H35FO6/c1-3-4-8-19(23)14(2)10-11-16-17-12-15(7-5-6-9-21(24)29-27)28-20(17)13-18(16)22(25)26/h10-11,14-20,27H,3-9,12-13H2,1-2H3,(H,25,26)/t14-,15-,16+,17-,18?,19-,20+/m1/s1. The molecule has 0 bridgehead atoms. The van der Waals surface area contributed by atoms with E-state index in [4.69, 9.17) is 9.99 Å². The summed E-state index contributed by atoms with van der Waals surface area (Å²) in [7, 11) is 0. The highest BCUT2D eigenvalue weighted by Crippen LogP contribution is 2.48. The number of carboxylic acids is 1. The lowest BCUT2D eigenvalue weighted by Crippen LogP contribution is -2.22. The molecule has 0 spiro atoms. The molecule has 0 aromatic heterocycles. The van der Waals surface area contributed by atoms with Crippen molar-refractivity contribution in [3.63, 3.8) is 0 Å². The maximum atomic E-state index is 14.3. The number of hydrogen-bond acceptors (Lipinski definition) is 5. The summed E-state index contributed by atoms with van der Waals surface area (Å²) in [5, 5.41) is 17.9. The highest BCUT2D eigenvalue weighted by atomic mass is 19.1. The zero-order valence-electron chi connectivity index (χ0n) is 17.5. The number of carbonyl (C=O) groups excluding carboxylic acids is 1. The van der Waals surface area contributed by atoms with Crippen LogP contribution in [0.1, 0.15) is 71.6 Å². The average Bonchev–Trinajstić information content (AvgIpc) is 3.24. The van der Waals surface area contributed by atoms with Gasteiger partial charge in [0.1, 0.15) is 6.17 Å². The SMILES string of the molecule is CCCC[C@@H](F)[C@H](C)C=C[C@@H]1C(C(=O)O)C[C@@H]2O[C@H](CCCCC(=O)OO)C[C@@H]21. The van der Waals surface area contributed by atoms with E-state index < -0.39 is 24.0 Å². The van der Waals surface area contributed by atoms with Gasteiger partial charge in [-0.3, -0.25) is 4.79 Å². The van der Waals surface area contributed by atoms with Crippen LogP contribution in [0.2, 0.25) is 0 Å². The molecule has 166 valence electrons. The van der Waals surface area contributed by atoms with Crippen molar-refractivity contribution in [2.24, 2.45) is 23.7 Å². The van der Waals surface area contributed by atoms with Crippen molar-refractivity contribution in [2.75, 3.05) is 0 Å². The summed E-state index contributed by atoms with van der Waals surface area (Å²) >= 11 is 0. The van der Waals surface area contributed by atoms with E-state index in [0.29, 0.717) is 19.3 Å². The van der Waals surface area contributed by atoms with Crippen LogP contribution in [0, 0.1) is 23.7 Å². The number of carboxylic acid groups (broad SMARTS) is 1. The summed E-state index contributed by atoms with van der Waals surface area (Å²) in [6.07, 6.45) is 8.86. The largest absolute Gasteiger partial charge is 0.481 e. The minimum atomic E-state index is -0.898. The van der Waals surface area contributed by atoms with Gasteiger partial charge in [-0.05, 0) is 43.9 Å². The Hall–Kier alpha value is -1.47. The summed E-state index contributed by atoms with van der Waals surface area (Å²) in [6.45, 7) is 3.89. The number of hydrogen-bond donors (Lipinski definition) is 2. The number of allylic oxidation sites excluding steroid dienone is 2. The van der Waals surface area contributed by atoms with E-state index in [9.17, 15) is 19.1 Å². The van der Waals surface area contributed by atoms with Crippen molar-refractivity contribution in [3.05, 3.63) is 12.2 Å². The van der Waals surface area contributed by atoms with Crippen molar-refractivity contribution in [1.29, 1.82) is 0 Å². The highest BCUT2D eigenvalue weighted by Gasteiger charge is 2.50. The first-order valence-corrected chi connectivity index (χ1v) is 10.9. The first-order valence-electron chi connectivity index (χ1n) is 10.9. The zero-order chi connectivity index (χ0) is 21.4. The lowest BCUT2D eigenvalue weighted by molar-refractivity contribution is -0.234. The molecule has 1 unspecified atom stereocenters. The van der Waals surface area contributed by atoms with E-state index in [0.717, 1.165) is 32.1 Å². The topological polar surface area (TPSA) is 93.1 Å². The molecule has 2 rings (SSSR count). The number of ether oxygens (including phenoxy) is 1. The number of unbranched alkanes of at least 4 members (excludes halogenated alkanes) is 2. The van der Waals surface area contributed by atoms with Crippen molar-refractivity contribution >= 4 is 11.9 Å². The Bertz CT molecular complexity index is 566. The van der Waals surface area contributed by atoms with E-state index in [1.165, 1.54) is 0 Å². The molecule has 7 heteroatoms. The molecule has 1 saturated carbocycles. The van der Waals surface area contributed by atoms with Crippen molar-refractivity contribution < 1.29 is 34.0 Å². The van der Waals surface area contributed by atoms with Gasteiger partial charge in [0.05, 0.1) is 18.1 Å². The van der Waals surface area contributed by atoms with Gasteiger partial charge in [0.2, 0.25) is 0 Å². The molecule has 0 aromatic carbocycles. The van der Waals surface area contributed by atoms with Crippen LogP contribution in [0.25, 0.3) is 0 Å². The zero-order valence-corrected chi connectivity index (χ0v) is 17.5. The summed E-state index contributed by atoms with van der Waals surface area (Å²) in [5.41, 5.74) is 0. The molecule has 1 heterocycles. The number of carbonyl (C=O) groups is 2. The van der Waals surface area contributed by atoms with Gasteiger partial charge in [-0.1, -0.05) is 45.3 Å². The fraction of sp³-hybridized carbons (Fsp3) is 0.818. The maximum absolute atomic E-state index is 14.3. The summed E-state index contributed by atoms with van der Waals surface area (Å²) in [4.78, 5) is 26.3. The van der Waals surface area contributed by atoms with Gasteiger partial charge in [-0.2, -0.15) is 5.26 Å². The molecule has 0 radical (unpaired) electrons. The van der Waals surface area contributed by atoms with E-state index in [1.807, 2.05) is 26.0 Å². The van der Waals surface area contributed by atoms with Gasteiger partial charge in [-0.25, -0.2) is 9.18 Å². The van der Waals surface area contributed by atoms with Gasteiger partial charge >= 0.3 is 11.9 Å². The van der Waals surface area contributed by atoms with Crippen LogP contribution >= 0.6 is 0 Å². The van der Waals surface area contributed by atoms with Crippen LogP contribution in [0.15, 0.2) is 12.2 Å². The smallest absolute Gasteiger partial charge is 0.342 e. The first kappa shape index (κ1) is 23.8. The number of aliphatic carboxylic acids is 1. The van der Waals surface area contributed by atoms with Gasteiger partial charge < -0.3 is 14.7 Å². The third-order valence-corrected chi connectivity index (χ3v) is 6.44. The average molecular weight is 415 g/mol. The molecule has 2 fully saturated rings. The Morgan fingerprint density at radius 3 is 2.69 bits per heavy atom. The minimum Gasteiger partial charge on any atom is -0.481 e. The molecular formula is C22H35FO6. The molecule has 29 heavy (non-hydrogen) atoms. The van der Waals surface area contributed by atoms with Crippen LogP contribution in [0.4, 0.5) is 4.39 Å². The first-order chi connectivity index (χ1) is 13.9. The van der Waals surface area contributed by atoms with Gasteiger partial charge in [0.15, 0.2) is 0 Å². The second-order valence-electron chi connectivity index (χ2n) is 8.57. The molecule has 0 aromatic rings. The molecule has 7 atom stereocenters. The van der Waals surface area contributed by atoms with E-state index >= 15 is 0 Å². The molecular weight excluding hydrogens is 379 g/mol. The molecule has 1 aliphatic heterocycles. The second kappa shape index (κ2) is 11.6. The van der Waals surface area contributed by atoms with E-state index in [-0.39, 0.29) is 36.4 Å². The quantitative estimate of drug-likeness (QED) is 0.207. The normalized spacial score (nSPS) is 31.0. The van der Waals surface area contributed by atoms with Gasteiger partial charge in [0.25, 0.3) is 0 Å². The Morgan fingerprint density at radius 1 is 1.28 bits per heavy atom. The summed E-state index contributed by atoms with van der Waals surface area (Å²) in [5.74, 6) is -2.15. The van der Waals surface area contributed by atoms with Gasteiger partial charge in [0, 0.05) is 12.3 Å². The molecule has 2 N–H and O–H groups in total. The van der Waals surface area contributed by atoms with E-state index in [1.54, 1.807) is 0 Å². The molecule has 1 aliphatic carbocycles. The fourth-order valence-electron chi connectivity index (χ4n) is 4.70.